The number of thioether (sulfide) groups is 1. The van der Waals surface area contributed by atoms with Gasteiger partial charge in [0.1, 0.15) is 0 Å². The summed E-state index contributed by atoms with van der Waals surface area (Å²) in [5.41, 5.74) is 1.47. The van der Waals surface area contributed by atoms with Crippen molar-refractivity contribution in [3.8, 4) is 5.75 Å². The van der Waals surface area contributed by atoms with E-state index in [1.807, 2.05) is 24.3 Å². The Morgan fingerprint density at radius 3 is 2.70 bits per heavy atom. The van der Waals surface area contributed by atoms with Crippen LogP contribution in [-0.4, -0.2) is 12.2 Å². The molecule has 4 heteroatoms. The van der Waals surface area contributed by atoms with Crippen molar-refractivity contribution >= 4 is 11.8 Å². The lowest BCUT2D eigenvalue weighted by molar-refractivity contribution is 0.199. The molecule has 0 aliphatic rings. The third kappa shape index (κ3) is 3.52. The summed E-state index contributed by atoms with van der Waals surface area (Å²) in [6.07, 6.45) is -0.496. The van der Waals surface area contributed by atoms with Gasteiger partial charge in [0.25, 0.3) is 0 Å². The second kappa shape index (κ2) is 6.77. The number of halogens is 1. The molecule has 2 rings (SSSR count). The molecule has 0 aliphatic heterocycles. The van der Waals surface area contributed by atoms with Gasteiger partial charge in [-0.2, -0.15) is 0 Å². The highest BCUT2D eigenvalue weighted by Gasteiger charge is 2.09. The summed E-state index contributed by atoms with van der Waals surface area (Å²) in [6.45, 7) is 1.73. The van der Waals surface area contributed by atoms with Gasteiger partial charge < -0.3 is 9.84 Å². The zero-order chi connectivity index (χ0) is 14.5. The van der Waals surface area contributed by atoms with E-state index in [0.717, 1.165) is 10.5 Å². The minimum Gasteiger partial charge on any atom is -0.494 e. The molecule has 106 valence electrons. The molecule has 0 aromatic heterocycles. The van der Waals surface area contributed by atoms with E-state index in [-0.39, 0.29) is 11.6 Å². The van der Waals surface area contributed by atoms with E-state index in [9.17, 15) is 9.50 Å². The number of aliphatic hydroxyl groups excluding tert-OH is 1. The van der Waals surface area contributed by atoms with Gasteiger partial charge in [-0.3, -0.25) is 0 Å². The van der Waals surface area contributed by atoms with E-state index in [1.54, 1.807) is 25.1 Å². The van der Waals surface area contributed by atoms with Gasteiger partial charge >= 0.3 is 0 Å². The first kappa shape index (κ1) is 14.9. The molecular weight excluding hydrogens is 275 g/mol. The van der Waals surface area contributed by atoms with Crippen molar-refractivity contribution in [2.24, 2.45) is 0 Å². The lowest BCUT2D eigenvalue weighted by atomic mass is 10.1. The molecule has 0 radical (unpaired) electrons. The quantitative estimate of drug-likeness (QED) is 0.838. The van der Waals surface area contributed by atoms with Crippen LogP contribution in [0.4, 0.5) is 4.39 Å². The third-order valence-corrected chi connectivity index (χ3v) is 4.04. The van der Waals surface area contributed by atoms with Gasteiger partial charge in [0.05, 0.1) is 13.2 Å². The fourth-order valence-electron chi connectivity index (χ4n) is 1.85. The van der Waals surface area contributed by atoms with E-state index < -0.39 is 6.10 Å². The molecule has 20 heavy (non-hydrogen) atoms. The molecule has 2 aromatic carbocycles. The number of hydrogen-bond donors (Lipinski definition) is 1. The molecule has 1 atom stereocenters. The molecule has 0 bridgehead atoms. The lowest BCUT2D eigenvalue weighted by Gasteiger charge is -2.09. The van der Waals surface area contributed by atoms with Gasteiger partial charge in [-0.05, 0) is 30.7 Å². The molecule has 2 aromatic rings. The van der Waals surface area contributed by atoms with E-state index in [1.165, 1.54) is 18.9 Å². The fourth-order valence-corrected chi connectivity index (χ4v) is 2.79. The number of aliphatic hydroxyl groups is 1. The molecule has 0 spiro atoms. The number of rotatable bonds is 5. The van der Waals surface area contributed by atoms with E-state index >= 15 is 0 Å². The molecule has 2 nitrogen and oxygen atoms in total. The van der Waals surface area contributed by atoms with Crippen LogP contribution in [0.2, 0.25) is 0 Å². The van der Waals surface area contributed by atoms with Crippen LogP contribution in [0, 0.1) is 5.82 Å². The lowest BCUT2D eigenvalue weighted by Crippen LogP contribution is -1.94. The summed E-state index contributed by atoms with van der Waals surface area (Å²) in [7, 11) is 1.46. The predicted octanol–water partition coefficient (Wildman–Crippen LogP) is 4.18. The maximum absolute atomic E-state index is 14.0. The van der Waals surface area contributed by atoms with Crippen LogP contribution < -0.4 is 4.74 Å². The first-order valence-electron chi connectivity index (χ1n) is 6.34. The van der Waals surface area contributed by atoms with Crippen molar-refractivity contribution in [2.75, 3.05) is 7.11 Å². The van der Waals surface area contributed by atoms with Crippen molar-refractivity contribution in [3.63, 3.8) is 0 Å². The minimum atomic E-state index is -0.496. The molecule has 1 N–H and O–H groups in total. The monoisotopic (exact) mass is 292 g/mol. The summed E-state index contributed by atoms with van der Waals surface area (Å²) in [5.74, 6) is 0.474. The maximum Gasteiger partial charge on any atom is 0.169 e. The summed E-state index contributed by atoms with van der Waals surface area (Å²) < 4.78 is 19.0. The van der Waals surface area contributed by atoms with Crippen LogP contribution in [0.15, 0.2) is 47.4 Å². The second-order valence-corrected chi connectivity index (χ2v) is 5.52. The highest BCUT2D eigenvalue weighted by Crippen LogP contribution is 2.29. The summed E-state index contributed by atoms with van der Waals surface area (Å²) in [4.78, 5) is 1.01. The maximum atomic E-state index is 14.0. The van der Waals surface area contributed by atoms with Gasteiger partial charge in [-0.25, -0.2) is 4.39 Å². The molecule has 0 heterocycles. The second-order valence-electron chi connectivity index (χ2n) is 4.47. The first-order valence-corrected chi connectivity index (χ1v) is 7.32. The summed E-state index contributed by atoms with van der Waals surface area (Å²) >= 11 is 1.53. The summed E-state index contributed by atoms with van der Waals surface area (Å²) in [6, 6.07) is 12.8. The first-order chi connectivity index (χ1) is 9.61. The van der Waals surface area contributed by atoms with Crippen molar-refractivity contribution in [2.45, 2.75) is 23.7 Å². The average Bonchev–Trinajstić information content (AvgIpc) is 2.46. The molecule has 0 amide bonds. The molecule has 0 saturated heterocycles. The molecule has 0 saturated carbocycles. The zero-order valence-corrected chi connectivity index (χ0v) is 12.3. The molecular formula is C16H17FO2S. The largest absolute Gasteiger partial charge is 0.494 e. The van der Waals surface area contributed by atoms with Crippen LogP contribution in [0.5, 0.6) is 5.75 Å². The van der Waals surface area contributed by atoms with Gasteiger partial charge in [-0.1, -0.05) is 24.3 Å². The molecule has 0 aliphatic carbocycles. The van der Waals surface area contributed by atoms with Gasteiger partial charge in [-0.15, -0.1) is 11.8 Å². The smallest absolute Gasteiger partial charge is 0.169 e. The van der Waals surface area contributed by atoms with Crippen LogP contribution in [0.3, 0.4) is 0 Å². The number of methoxy groups -OCH3 is 1. The zero-order valence-electron chi connectivity index (χ0n) is 11.5. The van der Waals surface area contributed by atoms with E-state index in [2.05, 4.69) is 0 Å². The molecule has 1 unspecified atom stereocenters. The van der Waals surface area contributed by atoms with Crippen LogP contribution in [0.1, 0.15) is 24.2 Å². The number of hydrogen-bond acceptors (Lipinski definition) is 3. The van der Waals surface area contributed by atoms with Gasteiger partial charge in [0, 0.05) is 16.2 Å². The van der Waals surface area contributed by atoms with Crippen LogP contribution in [-0.2, 0) is 5.75 Å². The Labute approximate surface area is 122 Å². The summed E-state index contributed by atoms with van der Waals surface area (Å²) in [5, 5.41) is 9.56. The Morgan fingerprint density at radius 2 is 2.00 bits per heavy atom. The van der Waals surface area contributed by atoms with Crippen molar-refractivity contribution < 1.29 is 14.2 Å². The number of ether oxygens (including phenoxy) is 1. The van der Waals surface area contributed by atoms with Crippen molar-refractivity contribution in [1.82, 2.24) is 0 Å². The Balaban J connectivity index is 2.11. The Morgan fingerprint density at radius 1 is 1.25 bits per heavy atom. The minimum absolute atomic E-state index is 0.265. The topological polar surface area (TPSA) is 29.5 Å². The van der Waals surface area contributed by atoms with Gasteiger partial charge in [0.15, 0.2) is 11.6 Å². The number of benzene rings is 2. The van der Waals surface area contributed by atoms with Gasteiger partial charge in [0.2, 0.25) is 0 Å². The standard InChI is InChI=1S/C16H17FO2S/c1-11(18)12-5-3-7-14(9-12)20-10-13-6-4-8-15(19-2)16(13)17/h3-9,11,18H,10H2,1-2H3. The van der Waals surface area contributed by atoms with E-state index in [0.29, 0.717) is 11.3 Å². The highest BCUT2D eigenvalue weighted by molar-refractivity contribution is 7.98. The van der Waals surface area contributed by atoms with Crippen LogP contribution in [0.25, 0.3) is 0 Å². The third-order valence-electron chi connectivity index (χ3n) is 3.00. The van der Waals surface area contributed by atoms with Crippen LogP contribution >= 0.6 is 11.8 Å². The van der Waals surface area contributed by atoms with Crippen molar-refractivity contribution in [3.05, 3.63) is 59.4 Å². The highest BCUT2D eigenvalue weighted by atomic mass is 32.2. The molecule has 0 fully saturated rings. The Kier molecular flexibility index (Phi) is 5.04. The normalized spacial score (nSPS) is 12.2. The average molecular weight is 292 g/mol. The van der Waals surface area contributed by atoms with E-state index in [4.69, 9.17) is 4.74 Å². The fraction of sp³-hybridized carbons (Fsp3) is 0.250. The Hall–Kier alpha value is -1.52. The Bertz CT molecular complexity index is 584. The SMILES string of the molecule is COc1cccc(CSc2cccc(C(C)O)c2)c1F. The van der Waals surface area contributed by atoms with Crippen molar-refractivity contribution in [1.29, 1.82) is 0 Å². The predicted molar refractivity (Wildman–Crippen MR) is 79.6 cm³/mol.